The van der Waals surface area contributed by atoms with Crippen LogP contribution in [0.25, 0.3) is 0 Å². The molecule has 16 heavy (non-hydrogen) atoms. The summed E-state index contributed by atoms with van der Waals surface area (Å²) in [5, 5.41) is 0. The van der Waals surface area contributed by atoms with Crippen LogP contribution >= 0.6 is 15.9 Å². The van der Waals surface area contributed by atoms with E-state index in [1.807, 2.05) is 4.90 Å². The van der Waals surface area contributed by atoms with E-state index in [1.54, 1.807) is 0 Å². The highest BCUT2D eigenvalue weighted by Gasteiger charge is 2.27. The second-order valence-corrected chi connectivity index (χ2v) is 5.73. The Hall–Kier alpha value is -0.830. The molecular formula is C13H16BrNO. The van der Waals surface area contributed by atoms with E-state index in [0.29, 0.717) is 11.2 Å². The normalized spacial score (nSPS) is 20.6. The van der Waals surface area contributed by atoms with E-state index >= 15 is 0 Å². The molecular weight excluding hydrogens is 266 g/mol. The fraction of sp³-hybridized carbons (Fsp3) is 0.462. The molecule has 2 rings (SSSR count). The third-order valence-corrected chi connectivity index (χ3v) is 3.86. The standard InChI is InChI=1S/C13H16BrNO/c1-9-4-3-5-11(10(9)2)7-15-8-12(14)6-13(15)16/h3-5,12H,6-8H2,1-2H3. The van der Waals surface area contributed by atoms with E-state index in [2.05, 4.69) is 48.0 Å². The van der Waals surface area contributed by atoms with Gasteiger partial charge in [0.15, 0.2) is 0 Å². The zero-order valence-electron chi connectivity index (χ0n) is 9.66. The van der Waals surface area contributed by atoms with Crippen molar-refractivity contribution in [3.63, 3.8) is 0 Å². The van der Waals surface area contributed by atoms with Crippen molar-refractivity contribution in [2.45, 2.75) is 31.6 Å². The van der Waals surface area contributed by atoms with Gasteiger partial charge in [-0.15, -0.1) is 0 Å². The van der Waals surface area contributed by atoms with Crippen LogP contribution in [0.2, 0.25) is 0 Å². The number of hydrogen-bond donors (Lipinski definition) is 0. The molecule has 1 aromatic carbocycles. The van der Waals surface area contributed by atoms with Crippen LogP contribution in [-0.4, -0.2) is 22.2 Å². The van der Waals surface area contributed by atoms with Gasteiger partial charge < -0.3 is 4.90 Å². The summed E-state index contributed by atoms with van der Waals surface area (Å²) < 4.78 is 0. The molecule has 1 amide bonds. The van der Waals surface area contributed by atoms with Crippen LogP contribution in [-0.2, 0) is 11.3 Å². The van der Waals surface area contributed by atoms with Gasteiger partial charge in [-0.25, -0.2) is 0 Å². The molecule has 1 aliphatic heterocycles. The first-order chi connectivity index (χ1) is 7.58. The van der Waals surface area contributed by atoms with Crippen molar-refractivity contribution in [1.82, 2.24) is 4.90 Å². The topological polar surface area (TPSA) is 20.3 Å². The highest BCUT2D eigenvalue weighted by molar-refractivity contribution is 9.09. The fourth-order valence-electron chi connectivity index (χ4n) is 2.07. The van der Waals surface area contributed by atoms with E-state index in [1.165, 1.54) is 16.7 Å². The van der Waals surface area contributed by atoms with Crippen molar-refractivity contribution in [1.29, 1.82) is 0 Å². The van der Waals surface area contributed by atoms with Crippen molar-refractivity contribution in [2.24, 2.45) is 0 Å². The minimum absolute atomic E-state index is 0.253. The molecule has 1 atom stereocenters. The Kier molecular flexibility index (Phi) is 3.33. The number of aryl methyl sites for hydroxylation is 1. The van der Waals surface area contributed by atoms with E-state index in [9.17, 15) is 4.79 Å². The molecule has 1 aromatic rings. The summed E-state index contributed by atoms with van der Waals surface area (Å²) in [6.45, 7) is 5.80. The van der Waals surface area contributed by atoms with Crippen molar-refractivity contribution < 1.29 is 4.79 Å². The van der Waals surface area contributed by atoms with Crippen LogP contribution in [0.15, 0.2) is 18.2 Å². The molecule has 1 heterocycles. The fourth-order valence-corrected chi connectivity index (χ4v) is 2.69. The van der Waals surface area contributed by atoms with Crippen LogP contribution in [0, 0.1) is 13.8 Å². The van der Waals surface area contributed by atoms with Crippen molar-refractivity contribution in [3.8, 4) is 0 Å². The molecule has 0 aromatic heterocycles. The average molecular weight is 282 g/mol. The van der Waals surface area contributed by atoms with Crippen LogP contribution in [0.4, 0.5) is 0 Å². The molecule has 1 aliphatic rings. The maximum absolute atomic E-state index is 11.7. The van der Waals surface area contributed by atoms with E-state index in [4.69, 9.17) is 0 Å². The molecule has 2 nitrogen and oxygen atoms in total. The molecule has 0 N–H and O–H groups in total. The highest BCUT2D eigenvalue weighted by Crippen LogP contribution is 2.22. The minimum atomic E-state index is 0.253. The third-order valence-electron chi connectivity index (χ3n) is 3.25. The quantitative estimate of drug-likeness (QED) is 0.764. The largest absolute Gasteiger partial charge is 0.337 e. The number of amides is 1. The average Bonchev–Trinajstić information content (AvgIpc) is 2.53. The lowest BCUT2D eigenvalue weighted by molar-refractivity contribution is -0.128. The predicted molar refractivity (Wildman–Crippen MR) is 68.7 cm³/mol. The van der Waals surface area contributed by atoms with Crippen LogP contribution < -0.4 is 0 Å². The molecule has 1 fully saturated rings. The Morgan fingerprint density at radius 3 is 2.81 bits per heavy atom. The zero-order valence-corrected chi connectivity index (χ0v) is 11.3. The number of hydrogen-bond acceptors (Lipinski definition) is 1. The van der Waals surface area contributed by atoms with Gasteiger partial charge in [-0.05, 0) is 30.5 Å². The minimum Gasteiger partial charge on any atom is -0.337 e. The van der Waals surface area contributed by atoms with Gasteiger partial charge in [0.2, 0.25) is 5.91 Å². The highest BCUT2D eigenvalue weighted by atomic mass is 79.9. The van der Waals surface area contributed by atoms with Gasteiger partial charge in [-0.2, -0.15) is 0 Å². The number of benzene rings is 1. The second kappa shape index (κ2) is 4.58. The lowest BCUT2D eigenvalue weighted by Crippen LogP contribution is -2.25. The molecule has 0 aliphatic carbocycles. The number of rotatable bonds is 2. The Labute approximate surface area is 105 Å². The van der Waals surface area contributed by atoms with Crippen molar-refractivity contribution in [2.75, 3.05) is 6.54 Å². The number of halogens is 1. The van der Waals surface area contributed by atoms with Gasteiger partial charge in [-0.1, -0.05) is 34.1 Å². The number of carbonyl (C=O) groups is 1. The smallest absolute Gasteiger partial charge is 0.224 e. The number of likely N-dealkylation sites (tertiary alicyclic amines) is 1. The van der Waals surface area contributed by atoms with Gasteiger partial charge >= 0.3 is 0 Å². The number of nitrogens with zero attached hydrogens (tertiary/aromatic N) is 1. The summed E-state index contributed by atoms with van der Waals surface area (Å²) in [5.74, 6) is 0.253. The first-order valence-corrected chi connectivity index (χ1v) is 6.46. The molecule has 1 unspecified atom stereocenters. The van der Waals surface area contributed by atoms with Gasteiger partial charge in [-0.3, -0.25) is 4.79 Å². The Morgan fingerprint density at radius 1 is 1.44 bits per heavy atom. The van der Waals surface area contributed by atoms with E-state index in [0.717, 1.165) is 13.1 Å². The molecule has 0 bridgehead atoms. The molecule has 1 saturated heterocycles. The third kappa shape index (κ3) is 2.29. The van der Waals surface area contributed by atoms with E-state index in [-0.39, 0.29) is 5.91 Å². The lowest BCUT2D eigenvalue weighted by atomic mass is 10.0. The number of alkyl halides is 1. The van der Waals surface area contributed by atoms with Gasteiger partial charge in [0, 0.05) is 24.3 Å². The summed E-state index contributed by atoms with van der Waals surface area (Å²) >= 11 is 3.50. The number of carbonyl (C=O) groups excluding carboxylic acids is 1. The summed E-state index contributed by atoms with van der Waals surface area (Å²) in [7, 11) is 0. The van der Waals surface area contributed by atoms with Crippen LogP contribution in [0.1, 0.15) is 23.1 Å². The first-order valence-electron chi connectivity index (χ1n) is 5.55. The van der Waals surface area contributed by atoms with Crippen LogP contribution in [0.3, 0.4) is 0 Å². The summed E-state index contributed by atoms with van der Waals surface area (Å²) in [4.78, 5) is 13.9. The van der Waals surface area contributed by atoms with Crippen molar-refractivity contribution in [3.05, 3.63) is 34.9 Å². The van der Waals surface area contributed by atoms with Crippen molar-refractivity contribution >= 4 is 21.8 Å². The predicted octanol–water partition coefficient (Wildman–Crippen LogP) is 2.80. The molecule has 3 heteroatoms. The molecule has 0 spiro atoms. The molecule has 86 valence electrons. The van der Waals surface area contributed by atoms with E-state index < -0.39 is 0 Å². The molecule has 0 radical (unpaired) electrons. The monoisotopic (exact) mass is 281 g/mol. The maximum Gasteiger partial charge on any atom is 0.224 e. The Bertz CT molecular complexity index is 416. The summed E-state index contributed by atoms with van der Waals surface area (Å²) in [6.07, 6.45) is 0.630. The molecule has 0 saturated carbocycles. The Balaban J connectivity index is 2.15. The SMILES string of the molecule is Cc1cccc(CN2CC(Br)CC2=O)c1C. The Morgan fingerprint density at radius 2 is 2.19 bits per heavy atom. The second-order valence-electron chi connectivity index (χ2n) is 4.43. The lowest BCUT2D eigenvalue weighted by Gasteiger charge is -2.18. The van der Waals surface area contributed by atoms with Gasteiger partial charge in [0.25, 0.3) is 0 Å². The first kappa shape index (κ1) is 11.6. The van der Waals surface area contributed by atoms with Crippen LogP contribution in [0.5, 0.6) is 0 Å². The van der Waals surface area contributed by atoms with Gasteiger partial charge in [0.05, 0.1) is 0 Å². The summed E-state index contributed by atoms with van der Waals surface area (Å²) in [5.41, 5.74) is 3.85. The zero-order chi connectivity index (χ0) is 11.7. The maximum atomic E-state index is 11.7. The van der Waals surface area contributed by atoms with Gasteiger partial charge in [0.1, 0.15) is 0 Å². The summed E-state index contributed by atoms with van der Waals surface area (Å²) in [6, 6.07) is 6.28.